The van der Waals surface area contributed by atoms with Crippen molar-refractivity contribution in [1.82, 2.24) is 4.90 Å². The second kappa shape index (κ2) is 5.37. The molecule has 1 heterocycles. The van der Waals surface area contributed by atoms with Crippen LogP contribution < -0.4 is 5.32 Å². The van der Waals surface area contributed by atoms with Crippen LogP contribution in [0.5, 0.6) is 0 Å². The summed E-state index contributed by atoms with van der Waals surface area (Å²) in [4.78, 5) is 13.5. The average molecular weight is 250 g/mol. The molecule has 2 rings (SSSR count). The van der Waals surface area contributed by atoms with Crippen molar-refractivity contribution in [2.45, 2.75) is 25.5 Å². The number of nitrogens with zero attached hydrogens (tertiary/aromatic N) is 1. The highest BCUT2D eigenvalue weighted by molar-refractivity contribution is 5.89. The van der Waals surface area contributed by atoms with E-state index < -0.39 is 6.10 Å². The molecule has 1 aliphatic heterocycles. The highest BCUT2D eigenvalue weighted by Gasteiger charge is 2.33. The van der Waals surface area contributed by atoms with Crippen molar-refractivity contribution < 1.29 is 15.0 Å². The molecule has 0 radical (unpaired) electrons. The number of nitrogens with one attached hydrogen (secondary N) is 1. The fraction of sp³-hybridized carbons (Fsp3) is 0.462. The van der Waals surface area contributed by atoms with E-state index in [1.165, 1.54) is 4.90 Å². The topological polar surface area (TPSA) is 72.8 Å². The van der Waals surface area contributed by atoms with Crippen molar-refractivity contribution in [2.75, 3.05) is 18.5 Å². The molecular formula is C13H18N2O3. The Bertz CT molecular complexity index is 419. The van der Waals surface area contributed by atoms with Crippen LogP contribution in [0.25, 0.3) is 0 Å². The third-order valence-corrected chi connectivity index (χ3v) is 3.17. The standard InChI is InChI=1S/C13H18N2O3/c1-9-2-4-10(5-3-9)14-13(18)15-7-12(17)6-11(15)8-16/h2-5,11-12,16-17H,6-8H2,1H3,(H,14,18)/t11-,12+/m1/s1. The van der Waals surface area contributed by atoms with Crippen LogP contribution in [-0.2, 0) is 0 Å². The quantitative estimate of drug-likeness (QED) is 0.732. The lowest BCUT2D eigenvalue weighted by atomic mass is 10.2. The average Bonchev–Trinajstić information content (AvgIpc) is 2.73. The van der Waals surface area contributed by atoms with Crippen LogP contribution in [-0.4, -0.2) is 46.4 Å². The molecule has 2 amide bonds. The molecular weight excluding hydrogens is 232 g/mol. The Hall–Kier alpha value is -1.59. The lowest BCUT2D eigenvalue weighted by Crippen LogP contribution is -2.40. The van der Waals surface area contributed by atoms with E-state index in [-0.39, 0.29) is 25.2 Å². The van der Waals surface area contributed by atoms with Gasteiger partial charge in [-0.2, -0.15) is 0 Å². The van der Waals surface area contributed by atoms with Crippen molar-refractivity contribution in [1.29, 1.82) is 0 Å². The van der Waals surface area contributed by atoms with Gasteiger partial charge in [0.25, 0.3) is 0 Å². The molecule has 0 bridgehead atoms. The van der Waals surface area contributed by atoms with Crippen molar-refractivity contribution in [3.8, 4) is 0 Å². The zero-order chi connectivity index (χ0) is 13.1. The van der Waals surface area contributed by atoms with Crippen molar-refractivity contribution in [2.24, 2.45) is 0 Å². The molecule has 5 nitrogen and oxygen atoms in total. The van der Waals surface area contributed by atoms with Crippen LogP contribution in [0.2, 0.25) is 0 Å². The number of aryl methyl sites for hydroxylation is 1. The van der Waals surface area contributed by atoms with Crippen LogP contribution in [0.15, 0.2) is 24.3 Å². The number of hydrogen-bond acceptors (Lipinski definition) is 3. The second-order valence-corrected chi connectivity index (χ2v) is 4.67. The first-order valence-corrected chi connectivity index (χ1v) is 6.03. The maximum atomic E-state index is 12.0. The van der Waals surface area contributed by atoms with E-state index in [0.717, 1.165) is 5.56 Å². The number of aliphatic hydroxyl groups is 2. The van der Waals surface area contributed by atoms with Crippen molar-refractivity contribution in [3.05, 3.63) is 29.8 Å². The van der Waals surface area contributed by atoms with Gasteiger partial charge < -0.3 is 20.4 Å². The summed E-state index contributed by atoms with van der Waals surface area (Å²) in [6.45, 7) is 2.12. The molecule has 0 aromatic heterocycles. The van der Waals surface area contributed by atoms with Gasteiger partial charge in [-0.25, -0.2) is 4.79 Å². The number of urea groups is 1. The SMILES string of the molecule is Cc1ccc(NC(=O)N2C[C@@H](O)C[C@@H]2CO)cc1. The van der Waals surface area contributed by atoms with E-state index in [0.29, 0.717) is 12.1 Å². The van der Waals surface area contributed by atoms with E-state index in [2.05, 4.69) is 5.32 Å². The Morgan fingerprint density at radius 2 is 2.11 bits per heavy atom. The van der Waals surface area contributed by atoms with Gasteiger partial charge in [0.15, 0.2) is 0 Å². The number of aliphatic hydroxyl groups excluding tert-OH is 2. The van der Waals surface area contributed by atoms with Crippen LogP contribution in [0, 0.1) is 6.92 Å². The molecule has 1 aromatic rings. The Labute approximate surface area is 106 Å². The van der Waals surface area contributed by atoms with Gasteiger partial charge in [0, 0.05) is 12.2 Å². The summed E-state index contributed by atoms with van der Waals surface area (Å²) in [6.07, 6.45) is -0.122. The summed E-state index contributed by atoms with van der Waals surface area (Å²) < 4.78 is 0. The third kappa shape index (κ3) is 2.80. The van der Waals surface area contributed by atoms with Crippen molar-refractivity contribution >= 4 is 11.7 Å². The van der Waals surface area contributed by atoms with Gasteiger partial charge in [-0.15, -0.1) is 0 Å². The molecule has 1 fully saturated rings. The first kappa shape index (κ1) is 12.9. The molecule has 1 aromatic carbocycles. The molecule has 2 atom stereocenters. The van der Waals surface area contributed by atoms with Crippen LogP contribution in [0.1, 0.15) is 12.0 Å². The number of carbonyl (C=O) groups excluding carboxylic acids is 1. The largest absolute Gasteiger partial charge is 0.394 e. The molecule has 1 aliphatic rings. The van der Waals surface area contributed by atoms with Gasteiger partial charge in [-0.1, -0.05) is 17.7 Å². The fourth-order valence-corrected chi connectivity index (χ4v) is 2.15. The molecule has 18 heavy (non-hydrogen) atoms. The molecule has 0 spiro atoms. The summed E-state index contributed by atoms with van der Waals surface area (Å²) in [5.74, 6) is 0. The zero-order valence-corrected chi connectivity index (χ0v) is 10.3. The first-order chi connectivity index (χ1) is 8.60. The Balaban J connectivity index is 2.01. The lowest BCUT2D eigenvalue weighted by molar-refractivity contribution is 0.164. The van der Waals surface area contributed by atoms with Crippen molar-refractivity contribution in [3.63, 3.8) is 0 Å². The number of rotatable bonds is 2. The van der Waals surface area contributed by atoms with E-state index in [9.17, 15) is 15.0 Å². The molecule has 0 aliphatic carbocycles. The molecule has 0 unspecified atom stereocenters. The van der Waals surface area contributed by atoms with Crippen LogP contribution in [0.4, 0.5) is 10.5 Å². The first-order valence-electron chi connectivity index (χ1n) is 6.03. The lowest BCUT2D eigenvalue weighted by Gasteiger charge is -2.23. The van der Waals surface area contributed by atoms with E-state index >= 15 is 0 Å². The van der Waals surface area contributed by atoms with E-state index in [1.54, 1.807) is 0 Å². The van der Waals surface area contributed by atoms with E-state index in [4.69, 9.17) is 0 Å². The number of amides is 2. The third-order valence-electron chi connectivity index (χ3n) is 3.17. The molecule has 98 valence electrons. The van der Waals surface area contributed by atoms with Gasteiger partial charge in [0.2, 0.25) is 0 Å². The number of β-amino-alcohol motifs (C(OH)–C–C–N with tert-alkyl or cyclic N) is 1. The predicted molar refractivity (Wildman–Crippen MR) is 68.4 cm³/mol. The van der Waals surface area contributed by atoms with Gasteiger partial charge in [-0.3, -0.25) is 0 Å². The second-order valence-electron chi connectivity index (χ2n) is 4.67. The summed E-state index contributed by atoms with van der Waals surface area (Å²) in [5.41, 5.74) is 1.83. The minimum atomic E-state index is -0.550. The maximum absolute atomic E-state index is 12.0. The van der Waals surface area contributed by atoms with Gasteiger partial charge in [0.1, 0.15) is 0 Å². The van der Waals surface area contributed by atoms with E-state index in [1.807, 2.05) is 31.2 Å². The molecule has 3 N–H and O–H groups in total. The summed E-state index contributed by atoms with van der Waals surface area (Å²) in [6, 6.07) is 6.90. The number of likely N-dealkylation sites (tertiary alicyclic amines) is 1. The fourth-order valence-electron chi connectivity index (χ4n) is 2.15. The summed E-state index contributed by atoms with van der Waals surface area (Å²) >= 11 is 0. The Kier molecular flexibility index (Phi) is 3.84. The minimum absolute atomic E-state index is 0.127. The molecule has 0 saturated carbocycles. The summed E-state index contributed by atoms with van der Waals surface area (Å²) in [5, 5.41) is 21.5. The normalized spacial score (nSPS) is 23.2. The number of benzene rings is 1. The number of carbonyl (C=O) groups is 1. The van der Waals surface area contributed by atoms with Gasteiger partial charge >= 0.3 is 6.03 Å². The highest BCUT2D eigenvalue weighted by Crippen LogP contribution is 2.19. The molecule has 1 saturated heterocycles. The zero-order valence-electron chi connectivity index (χ0n) is 10.3. The number of anilines is 1. The van der Waals surface area contributed by atoms with Gasteiger partial charge in [0.05, 0.1) is 18.8 Å². The highest BCUT2D eigenvalue weighted by atomic mass is 16.3. The van der Waals surface area contributed by atoms with Crippen LogP contribution in [0.3, 0.4) is 0 Å². The van der Waals surface area contributed by atoms with Crippen LogP contribution >= 0.6 is 0 Å². The minimum Gasteiger partial charge on any atom is -0.394 e. The smallest absolute Gasteiger partial charge is 0.322 e. The monoisotopic (exact) mass is 250 g/mol. The molecule has 5 heteroatoms. The van der Waals surface area contributed by atoms with Gasteiger partial charge in [-0.05, 0) is 25.5 Å². The number of hydrogen-bond donors (Lipinski definition) is 3. The maximum Gasteiger partial charge on any atom is 0.322 e. The Morgan fingerprint density at radius 3 is 2.72 bits per heavy atom. The Morgan fingerprint density at radius 1 is 1.44 bits per heavy atom. The summed E-state index contributed by atoms with van der Waals surface area (Å²) in [7, 11) is 0. The predicted octanol–water partition coefficient (Wildman–Crippen LogP) is 0.954.